The molecule has 1 aromatic rings. The molecule has 2 rings (SSSR count). The van der Waals surface area contributed by atoms with Gasteiger partial charge in [-0.15, -0.1) is 0 Å². The number of nitrogens with zero attached hydrogens (tertiary/aromatic N) is 1. The lowest BCUT2D eigenvalue weighted by molar-refractivity contribution is -0.141. The molecule has 0 aromatic heterocycles. The highest BCUT2D eigenvalue weighted by atomic mass is 16.5. The number of aliphatic carboxylic acids is 1. The summed E-state index contributed by atoms with van der Waals surface area (Å²) in [6.07, 6.45) is -0.690. The number of ether oxygens (including phenoxy) is 1. The van der Waals surface area contributed by atoms with Crippen LogP contribution in [0, 0.1) is 0 Å². The third kappa shape index (κ3) is 3.13. The maximum Gasteiger partial charge on any atom is 0.325 e. The van der Waals surface area contributed by atoms with Crippen LogP contribution in [0.5, 0.6) is 5.75 Å². The Labute approximate surface area is 121 Å². The molecule has 2 N–H and O–H groups in total. The molecule has 1 aliphatic heterocycles. The van der Waals surface area contributed by atoms with Gasteiger partial charge in [0.05, 0.1) is 5.69 Å². The van der Waals surface area contributed by atoms with E-state index in [0.717, 1.165) is 0 Å². The topological polar surface area (TPSA) is 95.9 Å². The lowest BCUT2D eigenvalue weighted by Crippen LogP contribution is -2.50. The van der Waals surface area contributed by atoms with E-state index < -0.39 is 24.0 Å². The van der Waals surface area contributed by atoms with Gasteiger partial charge in [-0.05, 0) is 26.0 Å². The standard InChI is InChI=1S/C14H16N2O5/c1-8(14(19)20)15-12(17)7-16-10-5-3-4-6-11(10)21-9(2)13(16)18/h3-6,8-9H,7H2,1-2H3,(H,15,17)(H,19,20). The monoisotopic (exact) mass is 292 g/mol. The Morgan fingerprint density at radius 3 is 2.76 bits per heavy atom. The van der Waals surface area contributed by atoms with Gasteiger partial charge in [0.15, 0.2) is 6.10 Å². The Morgan fingerprint density at radius 2 is 2.10 bits per heavy atom. The van der Waals surface area contributed by atoms with Crippen molar-refractivity contribution in [2.24, 2.45) is 0 Å². The highest BCUT2D eigenvalue weighted by Gasteiger charge is 2.32. The molecule has 0 saturated carbocycles. The Hall–Kier alpha value is -2.57. The van der Waals surface area contributed by atoms with E-state index in [1.165, 1.54) is 11.8 Å². The molecule has 7 heteroatoms. The second kappa shape index (κ2) is 5.82. The average Bonchev–Trinajstić information content (AvgIpc) is 2.43. The summed E-state index contributed by atoms with van der Waals surface area (Å²) in [7, 11) is 0. The third-order valence-electron chi connectivity index (χ3n) is 3.12. The summed E-state index contributed by atoms with van der Waals surface area (Å²) in [5.74, 6) is -1.50. The first-order chi connectivity index (χ1) is 9.90. The van der Waals surface area contributed by atoms with Crippen LogP contribution in [-0.2, 0) is 14.4 Å². The normalized spacial score (nSPS) is 18.5. The lowest BCUT2D eigenvalue weighted by atomic mass is 10.2. The number of benzene rings is 1. The summed E-state index contributed by atoms with van der Waals surface area (Å²) in [5, 5.41) is 11.1. The number of carboxylic acid groups (broad SMARTS) is 1. The van der Waals surface area contributed by atoms with Gasteiger partial charge in [0.1, 0.15) is 18.3 Å². The van der Waals surface area contributed by atoms with Gasteiger partial charge in [-0.25, -0.2) is 0 Å². The zero-order valence-electron chi connectivity index (χ0n) is 11.7. The maximum atomic E-state index is 12.1. The van der Waals surface area contributed by atoms with Gasteiger partial charge in [0.2, 0.25) is 5.91 Å². The maximum absolute atomic E-state index is 12.1. The van der Waals surface area contributed by atoms with Crippen LogP contribution < -0.4 is 15.0 Å². The van der Waals surface area contributed by atoms with Gasteiger partial charge in [-0.3, -0.25) is 19.3 Å². The predicted molar refractivity (Wildman–Crippen MR) is 74.1 cm³/mol. The zero-order chi connectivity index (χ0) is 15.6. The van der Waals surface area contributed by atoms with Crippen LogP contribution in [0.1, 0.15) is 13.8 Å². The Balaban J connectivity index is 2.17. The first-order valence-corrected chi connectivity index (χ1v) is 6.49. The van der Waals surface area contributed by atoms with Gasteiger partial charge >= 0.3 is 5.97 Å². The van der Waals surface area contributed by atoms with Gasteiger partial charge in [-0.1, -0.05) is 12.1 Å². The number of fused-ring (bicyclic) bond motifs is 1. The van der Waals surface area contributed by atoms with Crippen molar-refractivity contribution in [1.82, 2.24) is 5.32 Å². The van der Waals surface area contributed by atoms with E-state index in [1.807, 2.05) is 0 Å². The molecule has 7 nitrogen and oxygen atoms in total. The molecular weight excluding hydrogens is 276 g/mol. The molecule has 0 fully saturated rings. The molecule has 21 heavy (non-hydrogen) atoms. The molecule has 112 valence electrons. The van der Waals surface area contributed by atoms with Gasteiger partial charge in [0, 0.05) is 0 Å². The summed E-state index contributed by atoms with van der Waals surface area (Å²) < 4.78 is 5.46. The first kappa shape index (κ1) is 14.8. The highest BCUT2D eigenvalue weighted by molar-refractivity contribution is 6.03. The summed E-state index contributed by atoms with van der Waals surface area (Å²) >= 11 is 0. The van der Waals surface area contributed by atoms with Crippen molar-refractivity contribution in [3.05, 3.63) is 24.3 Å². The molecule has 2 amide bonds. The Bertz CT molecular complexity index is 586. The van der Waals surface area contributed by atoms with E-state index in [0.29, 0.717) is 11.4 Å². The molecule has 0 spiro atoms. The fourth-order valence-electron chi connectivity index (χ4n) is 2.01. The number of hydrogen-bond donors (Lipinski definition) is 2. The number of carbonyl (C=O) groups is 3. The number of carbonyl (C=O) groups excluding carboxylic acids is 2. The minimum Gasteiger partial charge on any atom is -0.480 e. The van der Waals surface area contributed by atoms with Gasteiger partial charge in [0.25, 0.3) is 5.91 Å². The van der Waals surface area contributed by atoms with Crippen LogP contribution in [0.4, 0.5) is 5.69 Å². The highest BCUT2D eigenvalue weighted by Crippen LogP contribution is 2.33. The van der Waals surface area contributed by atoms with Crippen LogP contribution in [0.3, 0.4) is 0 Å². The van der Waals surface area contributed by atoms with Crippen LogP contribution >= 0.6 is 0 Å². The van der Waals surface area contributed by atoms with Crippen molar-refractivity contribution in [3.63, 3.8) is 0 Å². The Morgan fingerprint density at radius 1 is 1.43 bits per heavy atom. The molecule has 0 bridgehead atoms. The molecule has 2 unspecified atom stereocenters. The number of carboxylic acids is 1. The quantitative estimate of drug-likeness (QED) is 0.837. The summed E-state index contributed by atoms with van der Waals surface area (Å²) in [6.45, 7) is 2.71. The molecule has 0 radical (unpaired) electrons. The van der Waals surface area contributed by atoms with Gasteiger partial charge in [-0.2, -0.15) is 0 Å². The Kier molecular flexibility index (Phi) is 4.11. The van der Waals surface area contributed by atoms with Crippen LogP contribution in [0.25, 0.3) is 0 Å². The number of anilines is 1. The number of hydrogen-bond acceptors (Lipinski definition) is 4. The van der Waals surface area contributed by atoms with Crippen molar-refractivity contribution in [3.8, 4) is 5.75 Å². The van der Waals surface area contributed by atoms with Crippen LogP contribution in [-0.4, -0.2) is 41.6 Å². The number of rotatable bonds is 4. The third-order valence-corrected chi connectivity index (χ3v) is 3.12. The largest absolute Gasteiger partial charge is 0.480 e. The molecule has 0 aliphatic carbocycles. The van der Waals surface area contributed by atoms with E-state index in [1.54, 1.807) is 31.2 Å². The van der Waals surface area contributed by atoms with Crippen molar-refractivity contribution < 1.29 is 24.2 Å². The summed E-state index contributed by atoms with van der Waals surface area (Å²) in [4.78, 5) is 36.1. The predicted octanol–water partition coefficient (Wildman–Crippen LogP) is 0.390. The molecular formula is C14H16N2O5. The van der Waals surface area contributed by atoms with E-state index in [9.17, 15) is 14.4 Å². The number of nitrogens with one attached hydrogen (secondary N) is 1. The van der Waals surface area contributed by atoms with E-state index in [2.05, 4.69) is 5.32 Å². The van der Waals surface area contributed by atoms with Gasteiger partial charge < -0.3 is 15.2 Å². The molecule has 1 heterocycles. The summed E-state index contributed by atoms with van der Waals surface area (Å²) in [5.41, 5.74) is 0.499. The number of para-hydroxylation sites is 2. The minimum atomic E-state index is -1.13. The molecule has 2 atom stereocenters. The van der Waals surface area contributed by atoms with E-state index >= 15 is 0 Å². The fourth-order valence-corrected chi connectivity index (χ4v) is 2.01. The zero-order valence-corrected chi connectivity index (χ0v) is 11.7. The van der Waals surface area contributed by atoms with Crippen molar-refractivity contribution in [2.45, 2.75) is 26.0 Å². The minimum absolute atomic E-state index is 0.249. The van der Waals surface area contributed by atoms with E-state index in [4.69, 9.17) is 9.84 Å². The first-order valence-electron chi connectivity index (χ1n) is 6.49. The summed E-state index contributed by atoms with van der Waals surface area (Å²) in [6, 6.07) is 5.87. The lowest BCUT2D eigenvalue weighted by Gasteiger charge is -2.32. The van der Waals surface area contributed by atoms with E-state index in [-0.39, 0.29) is 12.5 Å². The number of amides is 2. The van der Waals surface area contributed by atoms with Crippen LogP contribution in [0.15, 0.2) is 24.3 Å². The molecule has 1 aromatic carbocycles. The SMILES string of the molecule is CC(NC(=O)CN1C(=O)C(C)Oc2ccccc21)C(=O)O. The molecule has 0 saturated heterocycles. The second-order valence-corrected chi connectivity index (χ2v) is 4.78. The second-order valence-electron chi connectivity index (χ2n) is 4.78. The van der Waals surface area contributed by atoms with Crippen LogP contribution in [0.2, 0.25) is 0 Å². The van der Waals surface area contributed by atoms with Crippen molar-refractivity contribution >= 4 is 23.5 Å². The molecule has 1 aliphatic rings. The van der Waals surface area contributed by atoms with Crippen molar-refractivity contribution in [2.75, 3.05) is 11.4 Å². The average molecular weight is 292 g/mol. The fraction of sp³-hybridized carbons (Fsp3) is 0.357. The smallest absolute Gasteiger partial charge is 0.325 e. The van der Waals surface area contributed by atoms with Crippen molar-refractivity contribution in [1.29, 1.82) is 0 Å².